The first-order valence-electron chi connectivity index (χ1n) is 7.01. The van der Waals surface area contributed by atoms with Crippen molar-refractivity contribution in [2.75, 3.05) is 6.54 Å². The predicted octanol–water partition coefficient (Wildman–Crippen LogP) is 4.73. The van der Waals surface area contributed by atoms with E-state index in [0.717, 1.165) is 17.7 Å². The van der Waals surface area contributed by atoms with E-state index in [2.05, 4.69) is 5.32 Å². The number of benzene rings is 2. The first-order chi connectivity index (χ1) is 10.1. The summed E-state index contributed by atoms with van der Waals surface area (Å²) < 4.78 is 19.8. The molecule has 0 saturated heterocycles. The third-order valence-electron chi connectivity index (χ3n) is 3.25. The molecule has 2 aromatic carbocycles. The van der Waals surface area contributed by atoms with Crippen LogP contribution in [0, 0.1) is 5.82 Å². The molecule has 2 rings (SSSR count). The van der Waals surface area contributed by atoms with Crippen molar-refractivity contribution in [1.29, 1.82) is 0 Å². The molecule has 0 bridgehead atoms. The van der Waals surface area contributed by atoms with Crippen LogP contribution < -0.4 is 10.1 Å². The molecular formula is C17H19ClFNO. The van der Waals surface area contributed by atoms with Crippen molar-refractivity contribution >= 4 is 11.6 Å². The third kappa shape index (κ3) is 4.19. The Balaban J connectivity index is 2.19. The second-order valence-corrected chi connectivity index (χ2v) is 5.29. The Bertz CT molecular complexity index is 603. The van der Waals surface area contributed by atoms with Gasteiger partial charge in [0, 0.05) is 16.6 Å². The van der Waals surface area contributed by atoms with Gasteiger partial charge in [-0.2, -0.15) is 0 Å². The van der Waals surface area contributed by atoms with Gasteiger partial charge in [0.1, 0.15) is 6.61 Å². The molecule has 0 heterocycles. The van der Waals surface area contributed by atoms with Crippen LogP contribution in [-0.4, -0.2) is 6.54 Å². The van der Waals surface area contributed by atoms with Crippen molar-refractivity contribution in [1.82, 2.24) is 5.32 Å². The highest BCUT2D eigenvalue weighted by atomic mass is 35.5. The fraction of sp³-hybridized carbons (Fsp3) is 0.294. The quantitative estimate of drug-likeness (QED) is 0.833. The summed E-state index contributed by atoms with van der Waals surface area (Å²) in [6.07, 6.45) is 0. The van der Waals surface area contributed by atoms with Crippen molar-refractivity contribution < 1.29 is 9.13 Å². The number of hydrogen-bond acceptors (Lipinski definition) is 2. The summed E-state index contributed by atoms with van der Waals surface area (Å²) in [5, 5.41) is 3.91. The lowest BCUT2D eigenvalue weighted by atomic mass is 10.1. The van der Waals surface area contributed by atoms with Crippen LogP contribution in [0.25, 0.3) is 0 Å². The van der Waals surface area contributed by atoms with Crippen molar-refractivity contribution in [2.24, 2.45) is 0 Å². The van der Waals surface area contributed by atoms with Gasteiger partial charge in [0.25, 0.3) is 0 Å². The Morgan fingerprint density at radius 2 is 2.00 bits per heavy atom. The molecule has 0 fully saturated rings. The topological polar surface area (TPSA) is 21.3 Å². The molecule has 0 aliphatic rings. The number of hydrogen-bond donors (Lipinski definition) is 1. The van der Waals surface area contributed by atoms with Crippen LogP contribution in [0.5, 0.6) is 5.75 Å². The van der Waals surface area contributed by atoms with Crippen LogP contribution in [0.3, 0.4) is 0 Å². The van der Waals surface area contributed by atoms with Gasteiger partial charge in [-0.3, -0.25) is 0 Å². The minimum Gasteiger partial charge on any atom is -0.485 e. The van der Waals surface area contributed by atoms with Crippen LogP contribution in [0.2, 0.25) is 5.02 Å². The summed E-state index contributed by atoms with van der Waals surface area (Å²) in [7, 11) is 0. The number of para-hydroxylation sites is 1. The summed E-state index contributed by atoms with van der Waals surface area (Å²) in [5.74, 6) is -0.0507. The van der Waals surface area contributed by atoms with E-state index in [1.165, 1.54) is 6.07 Å². The van der Waals surface area contributed by atoms with E-state index in [0.29, 0.717) is 10.8 Å². The highest BCUT2D eigenvalue weighted by Crippen LogP contribution is 2.29. The normalized spacial score (nSPS) is 12.2. The molecule has 0 aliphatic heterocycles. The highest BCUT2D eigenvalue weighted by molar-refractivity contribution is 6.30. The molecule has 0 spiro atoms. The maximum absolute atomic E-state index is 14.1. The summed E-state index contributed by atoms with van der Waals surface area (Å²) in [5.41, 5.74) is 1.73. The van der Waals surface area contributed by atoms with E-state index < -0.39 is 0 Å². The SMILES string of the molecule is CCNC(C)c1cccc(F)c1OCc1cccc(Cl)c1. The van der Waals surface area contributed by atoms with E-state index in [1.54, 1.807) is 12.1 Å². The standard InChI is InChI=1S/C17H19ClFNO/c1-3-20-12(2)15-8-5-9-16(19)17(15)21-11-13-6-4-7-14(18)10-13/h4-10,12,20H,3,11H2,1-2H3. The zero-order valence-corrected chi connectivity index (χ0v) is 13.0. The lowest BCUT2D eigenvalue weighted by Gasteiger charge is -2.18. The first kappa shape index (κ1) is 15.8. The second-order valence-electron chi connectivity index (χ2n) is 4.86. The minimum absolute atomic E-state index is 0.0278. The Morgan fingerprint density at radius 1 is 1.24 bits per heavy atom. The molecule has 2 nitrogen and oxygen atoms in total. The minimum atomic E-state index is -0.348. The molecule has 0 saturated carbocycles. The Labute approximate surface area is 129 Å². The molecule has 21 heavy (non-hydrogen) atoms. The highest BCUT2D eigenvalue weighted by Gasteiger charge is 2.15. The molecule has 0 aliphatic carbocycles. The molecule has 112 valence electrons. The summed E-state index contributed by atoms with van der Waals surface area (Å²) in [4.78, 5) is 0. The summed E-state index contributed by atoms with van der Waals surface area (Å²) in [6.45, 7) is 5.10. The van der Waals surface area contributed by atoms with Gasteiger partial charge < -0.3 is 10.1 Å². The second kappa shape index (κ2) is 7.43. The molecule has 0 radical (unpaired) electrons. The van der Waals surface area contributed by atoms with E-state index >= 15 is 0 Å². The summed E-state index contributed by atoms with van der Waals surface area (Å²) >= 11 is 5.94. The maximum Gasteiger partial charge on any atom is 0.165 e. The van der Waals surface area contributed by atoms with Crippen molar-refractivity contribution in [2.45, 2.75) is 26.5 Å². The molecular weight excluding hydrogens is 289 g/mol. The van der Waals surface area contributed by atoms with E-state index in [1.807, 2.05) is 38.1 Å². The lowest BCUT2D eigenvalue weighted by Crippen LogP contribution is -2.19. The summed E-state index contributed by atoms with van der Waals surface area (Å²) in [6, 6.07) is 12.4. The average molecular weight is 308 g/mol. The van der Waals surface area contributed by atoms with Gasteiger partial charge in [0.2, 0.25) is 0 Å². The smallest absolute Gasteiger partial charge is 0.165 e. The van der Waals surface area contributed by atoms with Crippen LogP contribution in [-0.2, 0) is 6.61 Å². The first-order valence-corrected chi connectivity index (χ1v) is 7.38. The van der Waals surface area contributed by atoms with Crippen LogP contribution in [0.15, 0.2) is 42.5 Å². The molecule has 1 unspecified atom stereocenters. The van der Waals surface area contributed by atoms with Gasteiger partial charge in [-0.15, -0.1) is 0 Å². The van der Waals surface area contributed by atoms with Crippen molar-refractivity contribution in [3.63, 3.8) is 0 Å². The number of ether oxygens (including phenoxy) is 1. The van der Waals surface area contributed by atoms with Crippen LogP contribution in [0.1, 0.15) is 31.0 Å². The predicted molar refractivity (Wildman–Crippen MR) is 84.3 cm³/mol. The van der Waals surface area contributed by atoms with Gasteiger partial charge in [0.15, 0.2) is 11.6 Å². The van der Waals surface area contributed by atoms with Crippen LogP contribution in [0.4, 0.5) is 4.39 Å². The third-order valence-corrected chi connectivity index (χ3v) is 3.48. The molecule has 1 N–H and O–H groups in total. The van der Waals surface area contributed by atoms with Gasteiger partial charge in [0.05, 0.1) is 0 Å². The van der Waals surface area contributed by atoms with Crippen LogP contribution >= 0.6 is 11.6 Å². The van der Waals surface area contributed by atoms with Gasteiger partial charge >= 0.3 is 0 Å². The van der Waals surface area contributed by atoms with Gasteiger partial charge in [-0.05, 0) is 37.2 Å². The van der Waals surface area contributed by atoms with E-state index in [9.17, 15) is 4.39 Å². The lowest BCUT2D eigenvalue weighted by molar-refractivity contribution is 0.284. The fourth-order valence-electron chi connectivity index (χ4n) is 2.22. The molecule has 0 aromatic heterocycles. The van der Waals surface area contributed by atoms with E-state index in [-0.39, 0.29) is 18.5 Å². The fourth-order valence-corrected chi connectivity index (χ4v) is 2.43. The Hall–Kier alpha value is -1.58. The van der Waals surface area contributed by atoms with Gasteiger partial charge in [-0.25, -0.2) is 4.39 Å². The number of halogens is 2. The van der Waals surface area contributed by atoms with Crippen molar-refractivity contribution in [3.05, 3.63) is 64.4 Å². The molecule has 0 amide bonds. The zero-order valence-electron chi connectivity index (χ0n) is 12.2. The van der Waals surface area contributed by atoms with Crippen molar-refractivity contribution in [3.8, 4) is 5.75 Å². The van der Waals surface area contributed by atoms with Gasteiger partial charge in [-0.1, -0.05) is 42.8 Å². The number of rotatable bonds is 6. The van der Waals surface area contributed by atoms with E-state index in [4.69, 9.17) is 16.3 Å². The number of nitrogens with one attached hydrogen (secondary N) is 1. The monoisotopic (exact) mass is 307 g/mol. The Morgan fingerprint density at radius 3 is 2.71 bits per heavy atom. The maximum atomic E-state index is 14.1. The zero-order chi connectivity index (χ0) is 15.2. The Kier molecular flexibility index (Phi) is 5.59. The molecule has 2 aromatic rings. The molecule has 4 heteroatoms. The molecule has 1 atom stereocenters. The average Bonchev–Trinajstić information content (AvgIpc) is 2.46. The largest absolute Gasteiger partial charge is 0.485 e.